The molecule has 0 amide bonds. The summed E-state index contributed by atoms with van der Waals surface area (Å²) in [7, 11) is 0. The molecule has 0 spiro atoms. The molecule has 0 unspecified atom stereocenters. The Labute approximate surface area is 113 Å². The van der Waals surface area contributed by atoms with E-state index in [9.17, 15) is 4.39 Å². The molecule has 19 heavy (non-hydrogen) atoms. The second-order valence-electron chi connectivity index (χ2n) is 5.08. The van der Waals surface area contributed by atoms with E-state index in [1.165, 1.54) is 11.6 Å². The van der Waals surface area contributed by atoms with Gasteiger partial charge in [-0.3, -0.25) is 4.68 Å². The van der Waals surface area contributed by atoms with Crippen LogP contribution < -0.4 is 5.32 Å². The molecule has 1 N–H and O–H groups in total. The molecule has 0 saturated heterocycles. The van der Waals surface area contributed by atoms with Gasteiger partial charge in [-0.1, -0.05) is 26.0 Å². The van der Waals surface area contributed by atoms with Crippen molar-refractivity contribution in [2.75, 3.05) is 0 Å². The van der Waals surface area contributed by atoms with Crippen LogP contribution in [0.4, 0.5) is 4.39 Å². The number of nitrogens with one attached hydrogen (secondary N) is 1. The maximum Gasteiger partial charge on any atom is 0.123 e. The topological polar surface area (TPSA) is 29.9 Å². The summed E-state index contributed by atoms with van der Waals surface area (Å²) in [5.41, 5.74) is 3.23. The molecule has 2 rings (SSSR count). The van der Waals surface area contributed by atoms with Gasteiger partial charge in [-0.05, 0) is 24.6 Å². The lowest BCUT2D eigenvalue weighted by Crippen LogP contribution is -2.22. The molecule has 2 aromatic rings. The smallest absolute Gasteiger partial charge is 0.123 e. The predicted octanol–water partition coefficient (Wildman–Crippen LogP) is 2.88. The van der Waals surface area contributed by atoms with Crippen LogP contribution in [0.5, 0.6) is 0 Å². The van der Waals surface area contributed by atoms with Gasteiger partial charge >= 0.3 is 0 Å². The van der Waals surface area contributed by atoms with Gasteiger partial charge in [0.2, 0.25) is 0 Å². The number of rotatable bonds is 5. The van der Waals surface area contributed by atoms with E-state index in [1.807, 2.05) is 23.9 Å². The van der Waals surface area contributed by atoms with E-state index in [0.29, 0.717) is 12.6 Å². The Bertz CT molecular complexity index is 546. The van der Waals surface area contributed by atoms with Crippen LogP contribution in [0.3, 0.4) is 0 Å². The van der Waals surface area contributed by atoms with Crippen molar-refractivity contribution in [2.24, 2.45) is 0 Å². The highest BCUT2D eigenvalue weighted by atomic mass is 19.1. The molecule has 4 heteroatoms. The summed E-state index contributed by atoms with van der Waals surface area (Å²) in [4.78, 5) is 0. The molecule has 0 saturated carbocycles. The summed E-state index contributed by atoms with van der Waals surface area (Å²) in [6.45, 7) is 7.70. The summed E-state index contributed by atoms with van der Waals surface area (Å²) in [6.07, 6.45) is 1.88. The molecule has 0 aliphatic heterocycles. The van der Waals surface area contributed by atoms with Crippen LogP contribution in [-0.4, -0.2) is 15.8 Å². The van der Waals surface area contributed by atoms with Gasteiger partial charge in [-0.25, -0.2) is 4.39 Å². The lowest BCUT2D eigenvalue weighted by molar-refractivity contribution is 0.584. The monoisotopic (exact) mass is 261 g/mol. The molecule has 102 valence electrons. The number of aromatic nitrogens is 2. The van der Waals surface area contributed by atoms with E-state index in [2.05, 4.69) is 24.3 Å². The second kappa shape index (κ2) is 5.97. The Kier molecular flexibility index (Phi) is 4.32. The van der Waals surface area contributed by atoms with Gasteiger partial charge in [0.25, 0.3) is 0 Å². The summed E-state index contributed by atoms with van der Waals surface area (Å²) in [5.74, 6) is -0.205. The van der Waals surface area contributed by atoms with E-state index in [0.717, 1.165) is 17.8 Å². The summed E-state index contributed by atoms with van der Waals surface area (Å²) in [6, 6.07) is 7.09. The fourth-order valence-electron chi connectivity index (χ4n) is 1.94. The fourth-order valence-corrected chi connectivity index (χ4v) is 1.94. The molecule has 0 aliphatic rings. The molecule has 0 radical (unpaired) electrons. The first kappa shape index (κ1) is 13.7. The number of nitrogens with zero attached hydrogens (tertiary/aromatic N) is 2. The van der Waals surface area contributed by atoms with Gasteiger partial charge in [0.15, 0.2) is 0 Å². The van der Waals surface area contributed by atoms with E-state index >= 15 is 0 Å². The first-order valence-electron chi connectivity index (χ1n) is 6.55. The Balaban J connectivity index is 2.09. The Hall–Kier alpha value is -1.68. The third-order valence-electron chi connectivity index (χ3n) is 3.13. The van der Waals surface area contributed by atoms with Gasteiger partial charge in [0, 0.05) is 23.8 Å². The van der Waals surface area contributed by atoms with Crippen LogP contribution >= 0.6 is 0 Å². The second-order valence-corrected chi connectivity index (χ2v) is 5.08. The SMILES string of the molecule is Cc1c(CNC(C)C)cnn1Cc1cccc(F)c1. The molecular weight excluding hydrogens is 241 g/mol. The molecule has 0 atom stereocenters. The zero-order chi connectivity index (χ0) is 13.8. The number of hydrogen-bond donors (Lipinski definition) is 1. The maximum absolute atomic E-state index is 13.1. The molecule has 0 aliphatic carbocycles. The highest BCUT2D eigenvalue weighted by Crippen LogP contribution is 2.11. The lowest BCUT2D eigenvalue weighted by Gasteiger charge is -2.08. The van der Waals surface area contributed by atoms with Crippen molar-refractivity contribution in [3.63, 3.8) is 0 Å². The van der Waals surface area contributed by atoms with Gasteiger partial charge < -0.3 is 5.32 Å². The zero-order valence-electron chi connectivity index (χ0n) is 11.7. The quantitative estimate of drug-likeness (QED) is 0.897. The van der Waals surface area contributed by atoms with Gasteiger partial charge in [-0.15, -0.1) is 0 Å². The predicted molar refractivity (Wildman–Crippen MR) is 74.4 cm³/mol. The van der Waals surface area contributed by atoms with Gasteiger partial charge in [0.1, 0.15) is 5.82 Å². The summed E-state index contributed by atoms with van der Waals surface area (Å²) in [5, 5.41) is 7.75. The summed E-state index contributed by atoms with van der Waals surface area (Å²) < 4.78 is 15.1. The molecule has 1 aromatic carbocycles. The molecular formula is C15H20FN3. The lowest BCUT2D eigenvalue weighted by atomic mass is 10.2. The molecule has 0 fully saturated rings. The number of benzene rings is 1. The minimum Gasteiger partial charge on any atom is -0.310 e. The van der Waals surface area contributed by atoms with E-state index < -0.39 is 0 Å². The van der Waals surface area contributed by atoms with Gasteiger partial charge in [-0.2, -0.15) is 5.10 Å². The average Bonchev–Trinajstić information content (AvgIpc) is 2.68. The first-order valence-corrected chi connectivity index (χ1v) is 6.55. The average molecular weight is 261 g/mol. The van der Waals surface area contributed by atoms with E-state index in [4.69, 9.17) is 0 Å². The number of halogens is 1. The van der Waals surface area contributed by atoms with Crippen LogP contribution in [0.15, 0.2) is 30.5 Å². The Morgan fingerprint density at radius 2 is 2.16 bits per heavy atom. The molecule has 3 nitrogen and oxygen atoms in total. The van der Waals surface area contributed by atoms with Crippen LogP contribution in [0.25, 0.3) is 0 Å². The van der Waals surface area contributed by atoms with Crippen molar-refractivity contribution < 1.29 is 4.39 Å². The maximum atomic E-state index is 13.1. The molecule has 1 aromatic heterocycles. The normalized spacial score (nSPS) is 11.2. The van der Waals surface area contributed by atoms with Crippen LogP contribution in [0.2, 0.25) is 0 Å². The van der Waals surface area contributed by atoms with Gasteiger partial charge in [0.05, 0.1) is 12.7 Å². The summed E-state index contributed by atoms with van der Waals surface area (Å²) >= 11 is 0. The van der Waals surface area contributed by atoms with Crippen molar-refractivity contribution >= 4 is 0 Å². The third kappa shape index (κ3) is 3.64. The third-order valence-corrected chi connectivity index (χ3v) is 3.13. The van der Waals surface area contributed by atoms with Crippen molar-refractivity contribution in [3.8, 4) is 0 Å². The minimum atomic E-state index is -0.205. The van der Waals surface area contributed by atoms with E-state index in [-0.39, 0.29) is 5.82 Å². The van der Waals surface area contributed by atoms with Crippen LogP contribution in [0, 0.1) is 12.7 Å². The van der Waals surface area contributed by atoms with Crippen molar-refractivity contribution in [2.45, 2.75) is 39.9 Å². The molecule has 0 bridgehead atoms. The molecule has 1 heterocycles. The highest BCUT2D eigenvalue weighted by Gasteiger charge is 2.07. The number of hydrogen-bond acceptors (Lipinski definition) is 2. The van der Waals surface area contributed by atoms with Crippen LogP contribution in [-0.2, 0) is 13.1 Å². The van der Waals surface area contributed by atoms with Crippen molar-refractivity contribution in [1.29, 1.82) is 0 Å². The largest absolute Gasteiger partial charge is 0.310 e. The standard InChI is InChI=1S/C15H20FN3/c1-11(2)17-8-14-9-18-19(12(14)3)10-13-5-4-6-15(16)7-13/h4-7,9,11,17H,8,10H2,1-3H3. The zero-order valence-corrected chi connectivity index (χ0v) is 11.7. The van der Waals surface area contributed by atoms with Crippen molar-refractivity contribution in [1.82, 2.24) is 15.1 Å². The van der Waals surface area contributed by atoms with Crippen molar-refractivity contribution in [3.05, 3.63) is 53.1 Å². The van der Waals surface area contributed by atoms with Crippen LogP contribution in [0.1, 0.15) is 30.7 Å². The Morgan fingerprint density at radius 1 is 1.37 bits per heavy atom. The van der Waals surface area contributed by atoms with E-state index in [1.54, 1.807) is 12.1 Å². The minimum absolute atomic E-state index is 0.205. The fraction of sp³-hybridized carbons (Fsp3) is 0.400. The first-order chi connectivity index (χ1) is 9.06. The highest BCUT2D eigenvalue weighted by molar-refractivity contribution is 5.20. The Morgan fingerprint density at radius 3 is 2.84 bits per heavy atom.